The minimum atomic E-state index is 0. The molecule has 0 atom stereocenters. The zero-order valence-corrected chi connectivity index (χ0v) is 24.9. The summed E-state index contributed by atoms with van der Waals surface area (Å²) >= 11 is 1.81. The van der Waals surface area contributed by atoms with Crippen LogP contribution in [0.1, 0.15) is 52.7 Å². The first kappa shape index (κ1) is 35.8. The topological polar surface area (TPSA) is 0 Å². The van der Waals surface area contributed by atoms with Crippen LogP contribution in [-0.2, 0) is 30.0 Å². The van der Waals surface area contributed by atoms with E-state index in [0.29, 0.717) is 0 Å². The number of hydrogen-bond donors (Lipinski definition) is 0. The van der Waals surface area contributed by atoms with Crippen molar-refractivity contribution >= 4 is 54.0 Å². The van der Waals surface area contributed by atoms with Gasteiger partial charge < -0.3 is 14.9 Å². The number of fused-ring (bicyclic) bond motifs is 2. The van der Waals surface area contributed by atoms with Crippen molar-refractivity contribution in [2.75, 3.05) is 0 Å². The van der Waals surface area contributed by atoms with Crippen LogP contribution in [0.5, 0.6) is 0 Å². The van der Waals surface area contributed by atoms with Crippen LogP contribution in [0.25, 0.3) is 21.5 Å². The molecule has 0 fully saturated rings. The summed E-state index contributed by atoms with van der Waals surface area (Å²) in [7, 11) is 2.97. The monoisotopic (exact) mass is 520 g/mol. The van der Waals surface area contributed by atoms with Gasteiger partial charge in [-0.1, -0.05) is 53.7 Å². The number of hydrogen-bond acceptors (Lipinski definition) is 0. The van der Waals surface area contributed by atoms with E-state index in [4.69, 9.17) is 0 Å². The minimum absolute atomic E-state index is 0. The Morgan fingerprint density at radius 1 is 0.594 bits per heavy atom. The predicted octanol–water partition coefficient (Wildman–Crippen LogP) is 9.07. The van der Waals surface area contributed by atoms with Crippen molar-refractivity contribution in [2.45, 2.75) is 52.4 Å². The summed E-state index contributed by atoms with van der Waals surface area (Å²) in [5.41, 5.74) is 3.38. The molecule has 4 aromatic rings. The second-order valence-electron chi connectivity index (χ2n) is 9.25. The molecule has 4 heteroatoms. The molecule has 2 radical (unpaired) electrons. The van der Waals surface area contributed by atoms with Gasteiger partial charge in [-0.3, -0.25) is 0 Å². The predicted molar refractivity (Wildman–Crippen MR) is 150 cm³/mol. The number of halogens is 2. The molecular weight excluding hydrogens is 483 g/mol. The van der Waals surface area contributed by atoms with Gasteiger partial charge in [0.2, 0.25) is 0 Å². The average Bonchev–Trinajstić information content (AvgIpc) is 3.27. The molecule has 0 saturated carbocycles. The molecule has 0 spiro atoms. The van der Waals surface area contributed by atoms with Crippen LogP contribution in [-0.4, -0.2) is 7.63 Å². The van der Waals surface area contributed by atoms with Crippen molar-refractivity contribution in [1.29, 1.82) is 0 Å². The van der Waals surface area contributed by atoms with Crippen LogP contribution in [0.15, 0.2) is 72.8 Å². The summed E-state index contributed by atoms with van der Waals surface area (Å²) in [5, 5.41) is 5.42. The molecule has 176 valence electrons. The Morgan fingerprint density at radius 2 is 0.875 bits per heavy atom. The third-order valence-corrected chi connectivity index (χ3v) is 4.97. The van der Waals surface area contributed by atoms with Gasteiger partial charge in [0.05, 0.1) is 0 Å². The molecule has 0 amide bonds. The van der Waals surface area contributed by atoms with Crippen molar-refractivity contribution in [3.8, 4) is 0 Å². The SMILES string of the molecule is CC(C)(C)c1cc2ccccc2[cH-]1.CC(C)(C)c1cc2ccccc2[cH-]1.Cl.Cl.[CH3-].[CH3-].[Si]=[Ti]. The summed E-state index contributed by atoms with van der Waals surface area (Å²) in [4.78, 5) is 0. The molecule has 4 aromatic carbocycles. The van der Waals surface area contributed by atoms with E-state index in [-0.39, 0.29) is 50.5 Å². The van der Waals surface area contributed by atoms with Crippen LogP contribution >= 0.6 is 24.8 Å². The molecule has 0 bridgehead atoms. The molecule has 0 unspecified atom stereocenters. The van der Waals surface area contributed by atoms with Crippen molar-refractivity contribution in [3.63, 3.8) is 0 Å². The molecule has 0 saturated heterocycles. The van der Waals surface area contributed by atoms with E-state index in [1.807, 2.05) is 0 Å². The second kappa shape index (κ2) is 15.1. The number of benzene rings is 2. The second-order valence-corrected chi connectivity index (χ2v) is 9.25. The molecule has 0 aromatic heterocycles. The Morgan fingerprint density at radius 3 is 1.12 bits per heavy atom. The summed E-state index contributed by atoms with van der Waals surface area (Å²) in [5.74, 6) is 0. The number of rotatable bonds is 0. The summed E-state index contributed by atoms with van der Waals surface area (Å²) in [6, 6.07) is 26.2. The standard InChI is InChI=1S/2C13H15.2CH3.2ClH.Si.Ti/c2*1-13(2,3)12-8-10-6-4-5-7-11(10)9-12;;;;;;/h2*4-9H,1-3H3;2*1H3;2*1H;;/q4*-1;;;;. The van der Waals surface area contributed by atoms with E-state index in [9.17, 15) is 0 Å². The summed E-state index contributed by atoms with van der Waals surface area (Å²) in [6.45, 7) is 13.5. The molecule has 32 heavy (non-hydrogen) atoms. The van der Waals surface area contributed by atoms with Gasteiger partial charge in [-0.2, -0.15) is 12.1 Å². The van der Waals surface area contributed by atoms with E-state index in [1.165, 1.54) is 32.7 Å². The van der Waals surface area contributed by atoms with Gasteiger partial charge in [0, 0.05) is 0 Å². The Hall–Kier alpha value is -0.829. The molecule has 0 aliphatic rings. The van der Waals surface area contributed by atoms with E-state index >= 15 is 0 Å². The van der Waals surface area contributed by atoms with Gasteiger partial charge in [0.25, 0.3) is 0 Å². The molecule has 0 aliphatic carbocycles. The fraction of sp³-hybridized carbons (Fsp3) is 0.286. The van der Waals surface area contributed by atoms with Crippen LogP contribution in [0.4, 0.5) is 0 Å². The van der Waals surface area contributed by atoms with Gasteiger partial charge in [-0.15, -0.1) is 106 Å². The van der Waals surface area contributed by atoms with Crippen molar-refractivity contribution < 1.29 is 19.2 Å². The van der Waals surface area contributed by atoms with E-state index in [0.717, 1.165) is 0 Å². The van der Waals surface area contributed by atoms with E-state index in [1.54, 1.807) is 19.2 Å². The van der Waals surface area contributed by atoms with Gasteiger partial charge in [0.15, 0.2) is 0 Å². The molecule has 0 heterocycles. The Bertz CT molecular complexity index is 883. The molecule has 0 aliphatic heterocycles. The van der Waals surface area contributed by atoms with Crippen molar-refractivity contribution in [2.24, 2.45) is 0 Å². The quantitative estimate of drug-likeness (QED) is 0.160. The van der Waals surface area contributed by atoms with Gasteiger partial charge in [-0.25, -0.2) is 0 Å². The van der Waals surface area contributed by atoms with Gasteiger partial charge in [-0.05, 0) is 10.8 Å². The third-order valence-electron chi connectivity index (χ3n) is 4.97. The van der Waals surface area contributed by atoms with Crippen molar-refractivity contribution in [1.82, 2.24) is 0 Å². The van der Waals surface area contributed by atoms with E-state index < -0.39 is 0 Å². The van der Waals surface area contributed by atoms with Crippen LogP contribution < -0.4 is 0 Å². The van der Waals surface area contributed by atoms with Crippen LogP contribution in [0.3, 0.4) is 0 Å². The molecular formula is C28H38Cl2SiTi-4. The third kappa shape index (κ3) is 9.58. The first-order valence-electron chi connectivity index (χ1n) is 9.71. The molecule has 0 N–H and O–H groups in total. The van der Waals surface area contributed by atoms with Crippen molar-refractivity contribution in [3.05, 3.63) is 98.8 Å². The van der Waals surface area contributed by atoms with Gasteiger partial charge >= 0.3 is 26.8 Å². The Kier molecular flexibility index (Phi) is 16.9. The Labute approximate surface area is 223 Å². The summed E-state index contributed by atoms with van der Waals surface area (Å²) < 4.78 is 0. The van der Waals surface area contributed by atoms with Crippen LogP contribution in [0, 0.1) is 14.9 Å². The summed E-state index contributed by atoms with van der Waals surface area (Å²) in [6.07, 6.45) is 0. The first-order chi connectivity index (χ1) is 13.1. The normalized spacial score (nSPS) is 10.0. The molecule has 0 nitrogen and oxygen atoms in total. The average molecular weight is 521 g/mol. The first-order valence-corrected chi connectivity index (χ1v) is 12.6. The van der Waals surface area contributed by atoms with Crippen LogP contribution in [0.2, 0.25) is 0 Å². The fourth-order valence-corrected chi connectivity index (χ4v) is 3.17. The molecule has 4 rings (SSSR count). The maximum atomic E-state index is 2.97. The van der Waals surface area contributed by atoms with E-state index in [2.05, 4.69) is 122 Å². The maximum absolute atomic E-state index is 2.97. The fourth-order valence-electron chi connectivity index (χ4n) is 3.17. The van der Waals surface area contributed by atoms with Gasteiger partial charge in [0.1, 0.15) is 0 Å². The Balaban J connectivity index is -0.000000437. The zero-order valence-electron chi connectivity index (χ0n) is 20.7. The zero-order chi connectivity index (χ0) is 20.9.